The molecular formula is C16H12N2OS. The first-order valence-electron chi connectivity index (χ1n) is 6.19. The van der Waals surface area contributed by atoms with Gasteiger partial charge in [0, 0.05) is 28.4 Å². The normalized spacial score (nSPS) is 10.4. The van der Waals surface area contributed by atoms with Crippen molar-refractivity contribution in [3.63, 3.8) is 0 Å². The van der Waals surface area contributed by atoms with Crippen LogP contribution in [0.2, 0.25) is 0 Å². The standard InChI is InChI=1S/C16H12N2OS/c19-16(13-4-2-1-3-5-13)14-6-8-15(9-7-14)20-18-11-10-17-12-18/h1-12H. The molecule has 0 bridgehead atoms. The predicted molar refractivity (Wildman–Crippen MR) is 79.8 cm³/mol. The molecule has 0 spiro atoms. The molecule has 0 radical (unpaired) electrons. The van der Waals surface area contributed by atoms with Crippen LogP contribution in [0.4, 0.5) is 0 Å². The van der Waals surface area contributed by atoms with Crippen molar-refractivity contribution in [3.05, 3.63) is 84.4 Å². The van der Waals surface area contributed by atoms with Crippen LogP contribution >= 0.6 is 11.9 Å². The second-order valence-electron chi connectivity index (χ2n) is 4.23. The van der Waals surface area contributed by atoms with Crippen LogP contribution in [-0.4, -0.2) is 14.7 Å². The first-order valence-corrected chi connectivity index (χ1v) is 6.96. The molecule has 0 aliphatic carbocycles. The van der Waals surface area contributed by atoms with Crippen molar-refractivity contribution < 1.29 is 4.79 Å². The van der Waals surface area contributed by atoms with E-state index in [0.29, 0.717) is 11.1 Å². The maximum Gasteiger partial charge on any atom is 0.193 e. The Morgan fingerprint density at radius 3 is 2.30 bits per heavy atom. The second kappa shape index (κ2) is 5.75. The SMILES string of the molecule is O=C(c1ccccc1)c1ccc(Sn2ccnc2)cc1. The summed E-state index contributed by atoms with van der Waals surface area (Å²) < 4.78 is 1.91. The highest BCUT2D eigenvalue weighted by atomic mass is 32.2. The van der Waals surface area contributed by atoms with E-state index < -0.39 is 0 Å². The highest BCUT2D eigenvalue weighted by Crippen LogP contribution is 2.21. The number of carbonyl (C=O) groups excluding carboxylic acids is 1. The number of hydrogen-bond acceptors (Lipinski definition) is 3. The Labute approximate surface area is 121 Å². The van der Waals surface area contributed by atoms with Crippen LogP contribution in [0.1, 0.15) is 15.9 Å². The van der Waals surface area contributed by atoms with Gasteiger partial charge in [-0.1, -0.05) is 30.3 Å². The summed E-state index contributed by atoms with van der Waals surface area (Å²) in [4.78, 5) is 17.3. The van der Waals surface area contributed by atoms with Gasteiger partial charge in [-0.2, -0.15) is 0 Å². The van der Waals surface area contributed by atoms with Crippen LogP contribution in [0.15, 0.2) is 78.2 Å². The first kappa shape index (κ1) is 12.7. The van der Waals surface area contributed by atoms with E-state index in [-0.39, 0.29) is 5.78 Å². The summed E-state index contributed by atoms with van der Waals surface area (Å²) in [6.07, 6.45) is 5.36. The van der Waals surface area contributed by atoms with Gasteiger partial charge in [-0.05, 0) is 36.2 Å². The fourth-order valence-electron chi connectivity index (χ4n) is 1.85. The summed E-state index contributed by atoms with van der Waals surface area (Å²) in [7, 11) is 0. The number of imidazole rings is 1. The number of rotatable bonds is 4. The molecule has 3 aromatic rings. The topological polar surface area (TPSA) is 34.9 Å². The molecule has 0 saturated heterocycles. The zero-order valence-electron chi connectivity index (χ0n) is 10.6. The van der Waals surface area contributed by atoms with Crippen molar-refractivity contribution in [1.82, 2.24) is 8.96 Å². The lowest BCUT2D eigenvalue weighted by Gasteiger charge is -2.04. The maximum atomic E-state index is 12.3. The van der Waals surface area contributed by atoms with Crippen molar-refractivity contribution in [2.45, 2.75) is 4.90 Å². The molecule has 0 atom stereocenters. The molecule has 0 fully saturated rings. The Hall–Kier alpha value is -2.33. The van der Waals surface area contributed by atoms with Gasteiger partial charge in [0.2, 0.25) is 0 Å². The van der Waals surface area contributed by atoms with E-state index in [1.165, 1.54) is 0 Å². The van der Waals surface area contributed by atoms with Gasteiger partial charge in [0.05, 0.1) is 0 Å². The van der Waals surface area contributed by atoms with E-state index in [0.717, 1.165) is 4.90 Å². The van der Waals surface area contributed by atoms with Crippen molar-refractivity contribution in [3.8, 4) is 0 Å². The van der Waals surface area contributed by atoms with E-state index in [9.17, 15) is 4.79 Å². The number of carbonyl (C=O) groups is 1. The quantitative estimate of drug-likeness (QED) is 0.684. The molecule has 0 saturated carbocycles. The van der Waals surface area contributed by atoms with Crippen LogP contribution in [0.5, 0.6) is 0 Å². The summed E-state index contributed by atoms with van der Waals surface area (Å²) in [6, 6.07) is 16.9. The molecule has 1 heterocycles. The van der Waals surface area contributed by atoms with E-state index in [1.807, 2.05) is 64.8 Å². The highest BCUT2D eigenvalue weighted by Gasteiger charge is 2.08. The molecule has 20 heavy (non-hydrogen) atoms. The average molecular weight is 280 g/mol. The minimum Gasteiger partial charge on any atom is -0.289 e. The number of nitrogens with zero attached hydrogens (tertiary/aromatic N) is 2. The molecule has 0 N–H and O–H groups in total. The predicted octanol–water partition coefficient (Wildman–Crippen LogP) is 3.67. The smallest absolute Gasteiger partial charge is 0.193 e. The highest BCUT2D eigenvalue weighted by molar-refractivity contribution is 7.97. The van der Waals surface area contributed by atoms with Crippen molar-refractivity contribution in [2.75, 3.05) is 0 Å². The average Bonchev–Trinajstić information content (AvgIpc) is 3.01. The minimum absolute atomic E-state index is 0.0461. The number of ketones is 1. The zero-order valence-corrected chi connectivity index (χ0v) is 11.5. The van der Waals surface area contributed by atoms with E-state index in [2.05, 4.69) is 4.98 Å². The Morgan fingerprint density at radius 2 is 1.65 bits per heavy atom. The molecule has 3 rings (SSSR count). The van der Waals surface area contributed by atoms with Crippen LogP contribution in [0, 0.1) is 0 Å². The van der Waals surface area contributed by atoms with Gasteiger partial charge in [0.25, 0.3) is 0 Å². The van der Waals surface area contributed by atoms with Gasteiger partial charge >= 0.3 is 0 Å². The summed E-state index contributed by atoms with van der Waals surface area (Å²) in [6.45, 7) is 0. The van der Waals surface area contributed by atoms with E-state index in [1.54, 1.807) is 24.5 Å². The zero-order chi connectivity index (χ0) is 13.8. The molecule has 0 amide bonds. The van der Waals surface area contributed by atoms with Crippen LogP contribution in [-0.2, 0) is 0 Å². The van der Waals surface area contributed by atoms with Crippen molar-refractivity contribution >= 4 is 17.7 Å². The van der Waals surface area contributed by atoms with Crippen LogP contribution in [0.25, 0.3) is 0 Å². The molecule has 98 valence electrons. The Kier molecular flexibility index (Phi) is 3.65. The van der Waals surface area contributed by atoms with E-state index >= 15 is 0 Å². The monoisotopic (exact) mass is 280 g/mol. The first-order chi connectivity index (χ1) is 9.83. The van der Waals surface area contributed by atoms with Crippen molar-refractivity contribution in [1.29, 1.82) is 0 Å². The second-order valence-corrected chi connectivity index (χ2v) is 5.31. The summed E-state index contributed by atoms with van der Waals surface area (Å²) in [5.74, 6) is 0.0461. The van der Waals surface area contributed by atoms with E-state index in [4.69, 9.17) is 0 Å². The Balaban J connectivity index is 1.78. The van der Waals surface area contributed by atoms with Gasteiger partial charge < -0.3 is 0 Å². The Bertz CT molecular complexity index is 691. The lowest BCUT2D eigenvalue weighted by Crippen LogP contribution is -2.00. The maximum absolute atomic E-state index is 12.3. The van der Waals surface area contributed by atoms with Gasteiger partial charge in [0.1, 0.15) is 6.33 Å². The fraction of sp³-hybridized carbons (Fsp3) is 0. The molecule has 0 unspecified atom stereocenters. The van der Waals surface area contributed by atoms with Crippen LogP contribution in [0.3, 0.4) is 0 Å². The third-order valence-electron chi connectivity index (χ3n) is 2.84. The molecule has 3 nitrogen and oxygen atoms in total. The van der Waals surface area contributed by atoms with Gasteiger partial charge in [-0.3, -0.25) is 8.77 Å². The van der Waals surface area contributed by atoms with Crippen molar-refractivity contribution in [2.24, 2.45) is 0 Å². The molecule has 0 aliphatic rings. The molecule has 0 aliphatic heterocycles. The number of aromatic nitrogens is 2. The lowest BCUT2D eigenvalue weighted by molar-refractivity contribution is 0.103. The molecule has 4 heteroatoms. The Morgan fingerprint density at radius 1 is 0.950 bits per heavy atom. The fourth-order valence-corrected chi connectivity index (χ4v) is 2.56. The molecular weight excluding hydrogens is 268 g/mol. The summed E-state index contributed by atoms with van der Waals surface area (Å²) in [5, 5.41) is 0. The van der Waals surface area contributed by atoms with Crippen LogP contribution < -0.4 is 0 Å². The number of benzene rings is 2. The number of hydrogen-bond donors (Lipinski definition) is 0. The van der Waals surface area contributed by atoms with Gasteiger partial charge in [-0.15, -0.1) is 0 Å². The summed E-state index contributed by atoms with van der Waals surface area (Å²) >= 11 is 1.55. The largest absolute Gasteiger partial charge is 0.289 e. The lowest BCUT2D eigenvalue weighted by atomic mass is 10.0. The third kappa shape index (κ3) is 2.81. The summed E-state index contributed by atoms with van der Waals surface area (Å²) in [5.41, 5.74) is 1.41. The van der Waals surface area contributed by atoms with Gasteiger partial charge in [0.15, 0.2) is 5.78 Å². The minimum atomic E-state index is 0.0461. The molecule has 2 aromatic carbocycles. The van der Waals surface area contributed by atoms with Gasteiger partial charge in [-0.25, -0.2) is 4.98 Å². The molecule has 1 aromatic heterocycles. The third-order valence-corrected chi connectivity index (χ3v) is 3.75.